The third kappa shape index (κ3) is 7.15. The van der Waals surface area contributed by atoms with Gasteiger partial charge in [-0.05, 0) is 98.6 Å². The van der Waals surface area contributed by atoms with Gasteiger partial charge in [0.2, 0.25) is 0 Å². The van der Waals surface area contributed by atoms with Crippen LogP contribution in [0.1, 0.15) is 42.3 Å². The molecule has 5 rings (SSSR count). The zero-order valence-corrected chi connectivity index (χ0v) is 25.1. The summed E-state index contributed by atoms with van der Waals surface area (Å²) >= 11 is 0. The van der Waals surface area contributed by atoms with E-state index in [-0.39, 0.29) is 24.2 Å². The Hall–Kier alpha value is -5.37. The Morgan fingerprint density at radius 3 is 2.16 bits per heavy atom. The molecule has 0 unspecified atom stereocenters. The standard InChI is InChI=1S/C36H35N3O5/c1-4-38(30-10-8-7-9-11-30)31-20-12-26(13-21-31)24-33-34(40)39(25-27-14-22-32(23-15-27)42-5-2)36(44-33)37-29-18-16-28(17-19-29)35(41)43-6-3/h7-24H,4-6,25H2,1-3H3/b33-24+,37-36-. The fourth-order valence-electron chi connectivity index (χ4n) is 4.79. The fourth-order valence-corrected chi connectivity index (χ4v) is 4.79. The number of benzene rings is 4. The Morgan fingerprint density at radius 2 is 1.52 bits per heavy atom. The van der Waals surface area contributed by atoms with Crippen molar-refractivity contribution in [1.82, 2.24) is 4.90 Å². The lowest BCUT2D eigenvalue weighted by atomic mass is 10.1. The number of carbonyl (C=O) groups is 2. The molecule has 0 spiro atoms. The van der Waals surface area contributed by atoms with Gasteiger partial charge in [0, 0.05) is 17.9 Å². The summed E-state index contributed by atoms with van der Waals surface area (Å²) in [4.78, 5) is 34.1. The number of para-hydroxylation sites is 1. The minimum atomic E-state index is -0.404. The lowest BCUT2D eigenvalue weighted by molar-refractivity contribution is -0.123. The minimum Gasteiger partial charge on any atom is -0.494 e. The van der Waals surface area contributed by atoms with Crippen LogP contribution in [0.15, 0.2) is 114 Å². The molecular formula is C36H35N3O5. The van der Waals surface area contributed by atoms with Crippen molar-refractivity contribution in [1.29, 1.82) is 0 Å². The van der Waals surface area contributed by atoms with Crippen LogP contribution in [-0.4, -0.2) is 42.6 Å². The highest BCUT2D eigenvalue weighted by Crippen LogP contribution is 2.28. The smallest absolute Gasteiger partial charge is 0.338 e. The molecule has 4 aromatic rings. The molecule has 0 saturated carbocycles. The van der Waals surface area contributed by atoms with Gasteiger partial charge in [-0.25, -0.2) is 4.79 Å². The molecule has 1 aliphatic rings. The summed E-state index contributed by atoms with van der Waals surface area (Å²) in [7, 11) is 0. The molecule has 0 aromatic heterocycles. The van der Waals surface area contributed by atoms with Crippen molar-refractivity contribution in [2.45, 2.75) is 27.3 Å². The number of carbonyl (C=O) groups excluding carboxylic acids is 2. The van der Waals surface area contributed by atoms with Crippen molar-refractivity contribution in [2.75, 3.05) is 24.7 Å². The maximum atomic E-state index is 13.7. The van der Waals surface area contributed by atoms with E-state index in [4.69, 9.17) is 14.2 Å². The van der Waals surface area contributed by atoms with E-state index >= 15 is 0 Å². The second kappa shape index (κ2) is 14.2. The van der Waals surface area contributed by atoms with E-state index < -0.39 is 5.97 Å². The molecule has 224 valence electrons. The van der Waals surface area contributed by atoms with Crippen molar-refractivity contribution < 1.29 is 23.8 Å². The number of amides is 1. The Balaban J connectivity index is 1.41. The summed E-state index contributed by atoms with van der Waals surface area (Å²) in [5.74, 6) is 0.220. The molecule has 44 heavy (non-hydrogen) atoms. The van der Waals surface area contributed by atoms with Gasteiger partial charge in [-0.1, -0.05) is 42.5 Å². The Morgan fingerprint density at radius 1 is 0.841 bits per heavy atom. The molecule has 0 radical (unpaired) electrons. The summed E-state index contributed by atoms with van der Waals surface area (Å²) in [6.45, 7) is 7.73. The fraction of sp³-hybridized carbons (Fsp3) is 0.194. The Labute approximate surface area is 257 Å². The van der Waals surface area contributed by atoms with Gasteiger partial charge < -0.3 is 19.1 Å². The maximum Gasteiger partial charge on any atom is 0.338 e. The first kappa shape index (κ1) is 30.1. The second-order valence-electron chi connectivity index (χ2n) is 9.91. The summed E-state index contributed by atoms with van der Waals surface area (Å²) in [6, 6.07) is 32.6. The molecule has 8 nitrogen and oxygen atoms in total. The van der Waals surface area contributed by atoms with Gasteiger partial charge in [0.25, 0.3) is 5.91 Å². The molecule has 8 heteroatoms. The van der Waals surface area contributed by atoms with Crippen LogP contribution in [0.5, 0.6) is 5.75 Å². The monoisotopic (exact) mass is 589 g/mol. The van der Waals surface area contributed by atoms with E-state index in [1.54, 1.807) is 37.3 Å². The number of rotatable bonds is 11. The molecule has 1 aliphatic heterocycles. The predicted octanol–water partition coefficient (Wildman–Crippen LogP) is 7.51. The van der Waals surface area contributed by atoms with Crippen LogP contribution in [0.2, 0.25) is 0 Å². The molecule has 0 bridgehead atoms. The largest absolute Gasteiger partial charge is 0.494 e. The third-order valence-corrected chi connectivity index (χ3v) is 6.95. The minimum absolute atomic E-state index is 0.150. The Kier molecular flexibility index (Phi) is 9.71. The van der Waals surface area contributed by atoms with Crippen molar-refractivity contribution in [3.63, 3.8) is 0 Å². The van der Waals surface area contributed by atoms with E-state index in [2.05, 4.69) is 28.9 Å². The topological polar surface area (TPSA) is 80.7 Å². The zero-order chi connectivity index (χ0) is 30.9. The summed E-state index contributed by atoms with van der Waals surface area (Å²) in [5, 5.41) is 0. The molecule has 0 atom stereocenters. The van der Waals surface area contributed by atoms with Crippen LogP contribution in [0.25, 0.3) is 6.08 Å². The number of hydrogen-bond donors (Lipinski definition) is 0. The van der Waals surface area contributed by atoms with Crippen LogP contribution >= 0.6 is 0 Å². The van der Waals surface area contributed by atoms with E-state index in [0.717, 1.165) is 34.8 Å². The van der Waals surface area contributed by atoms with Crippen molar-refractivity contribution in [2.24, 2.45) is 4.99 Å². The molecule has 1 heterocycles. The number of esters is 1. The average Bonchev–Trinajstić information content (AvgIpc) is 3.33. The van der Waals surface area contributed by atoms with Gasteiger partial charge in [-0.15, -0.1) is 0 Å². The van der Waals surface area contributed by atoms with Crippen molar-refractivity contribution in [3.05, 3.63) is 126 Å². The number of amidine groups is 1. The highest BCUT2D eigenvalue weighted by Gasteiger charge is 2.35. The molecular weight excluding hydrogens is 554 g/mol. The van der Waals surface area contributed by atoms with Gasteiger partial charge >= 0.3 is 12.0 Å². The average molecular weight is 590 g/mol. The number of ether oxygens (including phenoxy) is 3. The molecule has 0 N–H and O–H groups in total. The van der Waals surface area contributed by atoms with Gasteiger partial charge in [0.15, 0.2) is 5.76 Å². The number of nitrogens with zero attached hydrogens (tertiary/aromatic N) is 3. The molecule has 4 aromatic carbocycles. The molecule has 1 fully saturated rings. The van der Waals surface area contributed by atoms with E-state index in [1.165, 1.54) is 4.90 Å². The lowest BCUT2D eigenvalue weighted by Crippen LogP contribution is -2.29. The normalized spacial score (nSPS) is 14.5. The number of anilines is 2. The van der Waals surface area contributed by atoms with Gasteiger partial charge in [0.05, 0.1) is 31.0 Å². The maximum absolute atomic E-state index is 13.7. The zero-order valence-electron chi connectivity index (χ0n) is 25.1. The molecule has 1 saturated heterocycles. The third-order valence-electron chi connectivity index (χ3n) is 6.95. The van der Waals surface area contributed by atoms with Crippen LogP contribution in [0.4, 0.5) is 17.1 Å². The molecule has 1 amide bonds. The van der Waals surface area contributed by atoms with Crippen molar-refractivity contribution in [3.8, 4) is 5.75 Å². The van der Waals surface area contributed by atoms with Gasteiger partial charge in [0.1, 0.15) is 5.75 Å². The number of hydrogen-bond acceptors (Lipinski definition) is 7. The number of aliphatic imine (C=N–C) groups is 1. The Bertz CT molecular complexity index is 1630. The van der Waals surface area contributed by atoms with Crippen LogP contribution in [-0.2, 0) is 20.8 Å². The van der Waals surface area contributed by atoms with Gasteiger partial charge in [-0.3, -0.25) is 9.69 Å². The summed E-state index contributed by atoms with van der Waals surface area (Å²) < 4.78 is 16.7. The summed E-state index contributed by atoms with van der Waals surface area (Å²) in [5.41, 5.74) is 4.82. The lowest BCUT2D eigenvalue weighted by Gasteiger charge is -2.23. The highest BCUT2D eigenvalue weighted by molar-refractivity contribution is 6.11. The highest BCUT2D eigenvalue weighted by atomic mass is 16.5. The quantitative estimate of drug-likeness (QED) is 0.133. The van der Waals surface area contributed by atoms with E-state index in [0.29, 0.717) is 24.5 Å². The SMILES string of the molecule is CCOC(=O)c1ccc(/N=C2\O/C(=C/c3ccc(N(CC)c4ccccc4)cc3)C(=O)N2Cc2ccc(OCC)cc2)cc1. The first-order chi connectivity index (χ1) is 21.5. The second-order valence-corrected chi connectivity index (χ2v) is 9.91. The van der Waals surface area contributed by atoms with E-state index in [1.807, 2.05) is 73.7 Å². The van der Waals surface area contributed by atoms with E-state index in [9.17, 15) is 9.59 Å². The summed E-state index contributed by atoms with van der Waals surface area (Å²) in [6.07, 6.45) is 1.72. The van der Waals surface area contributed by atoms with Crippen molar-refractivity contribution >= 4 is 41.0 Å². The van der Waals surface area contributed by atoms with Crippen LogP contribution < -0.4 is 9.64 Å². The first-order valence-electron chi connectivity index (χ1n) is 14.7. The first-order valence-corrected chi connectivity index (χ1v) is 14.7. The van der Waals surface area contributed by atoms with Gasteiger partial charge in [-0.2, -0.15) is 4.99 Å². The molecule has 0 aliphatic carbocycles. The van der Waals surface area contributed by atoms with Crippen LogP contribution in [0.3, 0.4) is 0 Å². The van der Waals surface area contributed by atoms with Crippen LogP contribution in [0, 0.1) is 0 Å². The predicted molar refractivity (Wildman–Crippen MR) is 172 cm³/mol.